The van der Waals surface area contributed by atoms with Crippen LogP contribution in [-0.2, 0) is 5.88 Å². The number of benzene rings is 1. The summed E-state index contributed by atoms with van der Waals surface area (Å²) in [5.74, 6) is -2.71. The van der Waals surface area contributed by atoms with Gasteiger partial charge in [0.1, 0.15) is 17.1 Å². The molecule has 9 heteroatoms. The normalized spacial score (nSPS) is 19.6. The second kappa shape index (κ2) is 5.70. The Morgan fingerprint density at radius 1 is 1.44 bits per heavy atom. The van der Waals surface area contributed by atoms with Crippen molar-refractivity contribution >= 4 is 34.3 Å². The van der Waals surface area contributed by atoms with E-state index in [1.54, 1.807) is 4.90 Å². The van der Waals surface area contributed by atoms with Crippen LogP contribution in [0.2, 0.25) is 0 Å². The average molecular weight is 367 g/mol. The number of carbonyl (C=O) groups is 1. The fourth-order valence-corrected chi connectivity index (χ4v) is 4.38. The molecule has 1 atom stereocenters. The van der Waals surface area contributed by atoms with Crippen molar-refractivity contribution in [3.8, 4) is 0 Å². The number of nitrogens with one attached hydrogen (secondary N) is 1. The van der Waals surface area contributed by atoms with Gasteiger partial charge in [-0.2, -0.15) is 0 Å². The van der Waals surface area contributed by atoms with E-state index in [4.69, 9.17) is 0 Å². The number of hydrogen-bond donors (Lipinski definition) is 2. The summed E-state index contributed by atoms with van der Waals surface area (Å²) < 4.78 is 31.3. The minimum absolute atomic E-state index is 0.0219. The molecule has 2 aliphatic heterocycles. The molecule has 2 N–H and O–H groups in total. The van der Waals surface area contributed by atoms with Gasteiger partial charge in [0, 0.05) is 25.7 Å². The van der Waals surface area contributed by atoms with Gasteiger partial charge in [-0.1, -0.05) is 11.8 Å². The number of aromatic carboxylic acids is 1. The maximum atomic E-state index is 15.2. The minimum Gasteiger partial charge on any atom is -0.477 e. The van der Waals surface area contributed by atoms with Crippen molar-refractivity contribution in [2.24, 2.45) is 0 Å². The molecule has 0 radical (unpaired) electrons. The molecule has 0 aliphatic carbocycles. The number of halogens is 2. The van der Waals surface area contributed by atoms with Gasteiger partial charge in [-0.3, -0.25) is 4.79 Å². The highest BCUT2D eigenvalue weighted by atomic mass is 32.2. The topological polar surface area (TPSA) is 74.6 Å². The number of aromatic nitrogens is 1. The molecule has 2 aromatic rings. The number of fused-ring (bicyclic) bond motifs is 3. The first-order valence-corrected chi connectivity index (χ1v) is 8.81. The molecule has 2 aliphatic rings. The Bertz CT molecular complexity index is 976. The summed E-state index contributed by atoms with van der Waals surface area (Å²) in [6.45, 7) is 3.42. The van der Waals surface area contributed by atoms with E-state index in [0.717, 1.165) is 6.07 Å². The lowest BCUT2D eigenvalue weighted by molar-refractivity contribution is 0.0689. The van der Waals surface area contributed by atoms with Gasteiger partial charge in [-0.25, -0.2) is 13.6 Å². The van der Waals surface area contributed by atoms with E-state index < -0.39 is 28.6 Å². The van der Waals surface area contributed by atoms with Crippen LogP contribution in [0.4, 0.5) is 14.5 Å². The number of rotatable bonds is 2. The summed E-state index contributed by atoms with van der Waals surface area (Å²) in [7, 11) is 0. The Labute approximate surface area is 145 Å². The highest BCUT2D eigenvalue weighted by molar-refractivity contribution is 7.99. The maximum Gasteiger partial charge on any atom is 0.342 e. The van der Waals surface area contributed by atoms with E-state index in [9.17, 15) is 19.1 Å². The molecule has 0 saturated carbocycles. The Kier molecular flexibility index (Phi) is 3.73. The fraction of sp³-hybridized carbons (Fsp3) is 0.375. The summed E-state index contributed by atoms with van der Waals surface area (Å²) in [6.07, 6.45) is 0. The third-order valence-corrected chi connectivity index (χ3v) is 5.68. The van der Waals surface area contributed by atoms with Crippen molar-refractivity contribution in [2.45, 2.75) is 23.9 Å². The van der Waals surface area contributed by atoms with Crippen molar-refractivity contribution < 1.29 is 18.7 Å². The number of hydrogen-bond acceptors (Lipinski definition) is 5. The molecule has 1 aromatic carbocycles. The molecule has 4 rings (SSSR count). The molecule has 1 saturated heterocycles. The fourth-order valence-electron chi connectivity index (χ4n) is 3.45. The summed E-state index contributed by atoms with van der Waals surface area (Å²) in [5.41, 5.74) is -1.45. The molecule has 1 unspecified atom stereocenters. The summed E-state index contributed by atoms with van der Waals surface area (Å²) in [6, 6.07) is 1.05. The number of pyridine rings is 1. The van der Waals surface area contributed by atoms with Gasteiger partial charge in [0.05, 0.1) is 21.8 Å². The zero-order valence-corrected chi connectivity index (χ0v) is 14.1. The van der Waals surface area contributed by atoms with Crippen LogP contribution in [0.25, 0.3) is 10.9 Å². The molecule has 0 bridgehead atoms. The van der Waals surface area contributed by atoms with E-state index in [1.165, 1.54) is 16.3 Å². The smallest absolute Gasteiger partial charge is 0.342 e. The quantitative estimate of drug-likeness (QED) is 0.844. The van der Waals surface area contributed by atoms with Crippen molar-refractivity contribution in [3.63, 3.8) is 0 Å². The first kappa shape index (κ1) is 16.3. The molecular formula is C16H15F2N3O3S. The number of piperazine rings is 1. The average Bonchev–Trinajstić information content (AvgIpc) is 2.51. The van der Waals surface area contributed by atoms with Crippen LogP contribution in [-0.4, -0.2) is 41.3 Å². The predicted molar refractivity (Wildman–Crippen MR) is 90.6 cm³/mol. The first-order valence-electron chi connectivity index (χ1n) is 7.83. The van der Waals surface area contributed by atoms with Crippen LogP contribution in [0.1, 0.15) is 17.3 Å². The predicted octanol–water partition coefficient (Wildman–Crippen LogP) is 1.84. The second-order valence-electron chi connectivity index (χ2n) is 6.23. The molecule has 6 nitrogen and oxygen atoms in total. The van der Waals surface area contributed by atoms with Gasteiger partial charge >= 0.3 is 5.97 Å². The minimum atomic E-state index is -1.39. The second-order valence-corrected chi connectivity index (χ2v) is 7.17. The largest absolute Gasteiger partial charge is 0.477 e. The number of carboxylic acids is 1. The van der Waals surface area contributed by atoms with Crippen LogP contribution in [0.3, 0.4) is 0 Å². The standard InChI is InChI=1S/C16H15F2N3O3S/c1-7-5-20(3-2-19-7)13-9(17)4-8-12(11(13)18)21-6-25-15(21)10(14(8)22)16(23)24/h4,7,19H,2-3,5-6H2,1H3,(H,23,24). The third kappa shape index (κ3) is 2.33. The molecule has 1 fully saturated rings. The zero-order valence-electron chi connectivity index (χ0n) is 13.3. The van der Waals surface area contributed by atoms with E-state index in [2.05, 4.69) is 5.32 Å². The summed E-state index contributed by atoms with van der Waals surface area (Å²) >= 11 is 1.17. The highest BCUT2D eigenvalue weighted by Gasteiger charge is 2.32. The Morgan fingerprint density at radius 2 is 2.20 bits per heavy atom. The van der Waals surface area contributed by atoms with Crippen molar-refractivity contribution in [3.05, 3.63) is 33.5 Å². The molecule has 1 aromatic heterocycles. The summed E-state index contributed by atoms with van der Waals surface area (Å²) in [5, 5.41) is 12.5. The molecule has 25 heavy (non-hydrogen) atoms. The SMILES string of the molecule is CC1CN(c2c(F)cc3c(=O)c(C(=O)O)c4n(c3c2F)CS4)CCN1. The molecule has 3 heterocycles. The molecule has 132 valence electrons. The summed E-state index contributed by atoms with van der Waals surface area (Å²) in [4.78, 5) is 25.4. The molecule has 0 spiro atoms. The first-order chi connectivity index (χ1) is 11.9. The van der Waals surface area contributed by atoms with E-state index in [-0.39, 0.29) is 27.7 Å². The van der Waals surface area contributed by atoms with E-state index >= 15 is 4.39 Å². The molecular weight excluding hydrogens is 352 g/mol. The Hall–Kier alpha value is -2.13. The number of carboxylic acid groups (broad SMARTS) is 1. The number of nitrogens with zero attached hydrogens (tertiary/aromatic N) is 2. The van der Waals surface area contributed by atoms with Gasteiger partial charge in [0.2, 0.25) is 5.43 Å². The Balaban J connectivity index is 2.00. The van der Waals surface area contributed by atoms with Gasteiger partial charge in [0.25, 0.3) is 0 Å². The van der Waals surface area contributed by atoms with Crippen molar-refractivity contribution in [1.82, 2.24) is 9.88 Å². The monoisotopic (exact) mass is 367 g/mol. The van der Waals surface area contributed by atoms with Gasteiger partial charge in [0.15, 0.2) is 5.82 Å². The molecule has 0 amide bonds. The van der Waals surface area contributed by atoms with Crippen LogP contribution in [0.15, 0.2) is 15.9 Å². The maximum absolute atomic E-state index is 15.2. The van der Waals surface area contributed by atoms with E-state index in [0.29, 0.717) is 25.5 Å². The zero-order chi connectivity index (χ0) is 17.9. The third-order valence-electron chi connectivity index (χ3n) is 4.60. The lowest BCUT2D eigenvalue weighted by Crippen LogP contribution is -2.49. The van der Waals surface area contributed by atoms with Gasteiger partial charge in [-0.15, -0.1) is 0 Å². The van der Waals surface area contributed by atoms with E-state index in [1.807, 2.05) is 6.92 Å². The van der Waals surface area contributed by atoms with Crippen LogP contribution >= 0.6 is 11.8 Å². The van der Waals surface area contributed by atoms with Crippen molar-refractivity contribution in [1.29, 1.82) is 0 Å². The van der Waals surface area contributed by atoms with Gasteiger partial charge in [-0.05, 0) is 13.0 Å². The number of thioether (sulfide) groups is 1. The van der Waals surface area contributed by atoms with Crippen LogP contribution < -0.4 is 15.6 Å². The number of anilines is 1. The lowest BCUT2D eigenvalue weighted by Gasteiger charge is -2.35. The van der Waals surface area contributed by atoms with Crippen LogP contribution in [0.5, 0.6) is 0 Å². The lowest BCUT2D eigenvalue weighted by atomic mass is 10.1. The van der Waals surface area contributed by atoms with Crippen molar-refractivity contribution in [2.75, 3.05) is 24.5 Å². The highest BCUT2D eigenvalue weighted by Crippen LogP contribution is 2.39. The van der Waals surface area contributed by atoms with Gasteiger partial charge < -0.3 is 19.9 Å². The Morgan fingerprint density at radius 3 is 2.80 bits per heavy atom. The van der Waals surface area contributed by atoms with Crippen LogP contribution in [0, 0.1) is 11.6 Å².